The van der Waals surface area contributed by atoms with Crippen molar-refractivity contribution < 1.29 is 17.6 Å². The summed E-state index contributed by atoms with van der Waals surface area (Å²) >= 11 is 0. The zero-order valence-corrected chi connectivity index (χ0v) is 17.9. The Balaban J connectivity index is 1.63. The first kappa shape index (κ1) is 21.2. The highest BCUT2D eigenvalue weighted by Gasteiger charge is 2.39. The van der Waals surface area contributed by atoms with Gasteiger partial charge in [0, 0.05) is 13.1 Å². The molecule has 0 aromatic heterocycles. The van der Waals surface area contributed by atoms with E-state index >= 15 is 0 Å². The third-order valence-electron chi connectivity index (χ3n) is 5.52. The molecule has 31 heavy (non-hydrogen) atoms. The smallest absolute Gasteiger partial charge is 0.244 e. The third kappa shape index (κ3) is 4.52. The van der Waals surface area contributed by atoms with Crippen molar-refractivity contribution in [2.45, 2.75) is 37.4 Å². The number of carbonyl (C=O) groups excluding carboxylic acids is 1. The Morgan fingerprint density at radius 2 is 1.65 bits per heavy atom. The third-order valence-corrected chi connectivity index (χ3v) is 7.38. The van der Waals surface area contributed by atoms with Crippen LogP contribution in [0.15, 0.2) is 77.7 Å². The van der Waals surface area contributed by atoms with Crippen LogP contribution in [0.2, 0.25) is 0 Å². The molecule has 1 amide bonds. The van der Waals surface area contributed by atoms with Crippen LogP contribution < -0.4 is 5.32 Å². The Morgan fingerprint density at radius 3 is 2.32 bits per heavy atom. The molecule has 1 aliphatic heterocycles. The predicted molar refractivity (Wildman–Crippen MR) is 116 cm³/mol. The molecule has 4 rings (SSSR count). The van der Waals surface area contributed by atoms with E-state index in [0.717, 1.165) is 22.3 Å². The van der Waals surface area contributed by atoms with Crippen LogP contribution in [0, 0.1) is 12.7 Å². The lowest BCUT2D eigenvalue weighted by molar-refractivity contribution is -0.125. The number of benzene rings is 3. The van der Waals surface area contributed by atoms with Crippen molar-refractivity contribution in [3.05, 3.63) is 101 Å². The van der Waals surface area contributed by atoms with Crippen LogP contribution in [-0.4, -0.2) is 24.7 Å². The lowest BCUT2D eigenvalue weighted by Crippen LogP contribution is -2.52. The molecule has 0 fully saturated rings. The van der Waals surface area contributed by atoms with Crippen molar-refractivity contribution in [2.24, 2.45) is 0 Å². The van der Waals surface area contributed by atoms with Gasteiger partial charge in [0.25, 0.3) is 0 Å². The van der Waals surface area contributed by atoms with Gasteiger partial charge in [-0.25, -0.2) is 12.8 Å². The maximum absolute atomic E-state index is 13.4. The zero-order chi connectivity index (χ0) is 22.0. The summed E-state index contributed by atoms with van der Waals surface area (Å²) in [6.07, 6.45) is 0.288. The molecule has 1 unspecified atom stereocenters. The summed E-state index contributed by atoms with van der Waals surface area (Å²) in [4.78, 5) is 13.3. The van der Waals surface area contributed by atoms with Crippen molar-refractivity contribution in [1.29, 1.82) is 0 Å². The SMILES string of the molecule is Cc1ccc(S(=O)(=O)N2Cc3ccccc3CC2C(=O)NCc2ccc(F)cc2)cc1. The molecule has 1 N–H and O–H groups in total. The van der Waals surface area contributed by atoms with E-state index < -0.39 is 16.1 Å². The standard InChI is InChI=1S/C24H23FN2O3S/c1-17-6-12-22(13-7-17)31(29,30)27-16-20-5-3-2-4-19(20)14-23(27)24(28)26-15-18-8-10-21(25)11-9-18/h2-13,23H,14-16H2,1H3,(H,26,28). The lowest BCUT2D eigenvalue weighted by atomic mass is 9.95. The molecule has 3 aromatic rings. The van der Waals surface area contributed by atoms with E-state index in [4.69, 9.17) is 0 Å². The number of fused-ring (bicyclic) bond motifs is 1. The fraction of sp³-hybridized carbons (Fsp3) is 0.208. The number of halogens is 1. The van der Waals surface area contributed by atoms with Crippen LogP contribution in [-0.2, 0) is 34.3 Å². The number of hydrogen-bond donors (Lipinski definition) is 1. The molecule has 0 bridgehead atoms. The van der Waals surface area contributed by atoms with Gasteiger partial charge in [-0.2, -0.15) is 4.31 Å². The van der Waals surface area contributed by atoms with Crippen LogP contribution in [0.1, 0.15) is 22.3 Å². The Morgan fingerprint density at radius 1 is 1.00 bits per heavy atom. The summed E-state index contributed by atoms with van der Waals surface area (Å²) in [7, 11) is -3.88. The monoisotopic (exact) mass is 438 g/mol. The van der Waals surface area contributed by atoms with Gasteiger partial charge in [0.05, 0.1) is 4.90 Å². The highest BCUT2D eigenvalue weighted by molar-refractivity contribution is 7.89. The van der Waals surface area contributed by atoms with E-state index in [1.807, 2.05) is 31.2 Å². The minimum absolute atomic E-state index is 0.126. The van der Waals surface area contributed by atoms with Crippen LogP contribution >= 0.6 is 0 Å². The quantitative estimate of drug-likeness (QED) is 0.662. The molecule has 0 aliphatic carbocycles. The minimum Gasteiger partial charge on any atom is -0.351 e. The maximum Gasteiger partial charge on any atom is 0.244 e. The second-order valence-corrected chi connectivity index (χ2v) is 9.59. The molecule has 1 aliphatic rings. The Hall–Kier alpha value is -3.03. The number of aryl methyl sites for hydroxylation is 1. The highest BCUT2D eigenvalue weighted by Crippen LogP contribution is 2.29. The second-order valence-electron chi connectivity index (χ2n) is 7.70. The summed E-state index contributed by atoms with van der Waals surface area (Å²) in [6.45, 7) is 2.20. The van der Waals surface area contributed by atoms with Gasteiger partial charge in [0.1, 0.15) is 11.9 Å². The van der Waals surface area contributed by atoms with Gasteiger partial charge >= 0.3 is 0 Å². The summed E-state index contributed by atoms with van der Waals surface area (Å²) in [5.41, 5.74) is 3.54. The van der Waals surface area contributed by atoms with Crippen LogP contribution in [0.5, 0.6) is 0 Å². The van der Waals surface area contributed by atoms with Crippen molar-refractivity contribution >= 4 is 15.9 Å². The molecule has 1 heterocycles. The number of rotatable bonds is 5. The minimum atomic E-state index is -3.88. The van der Waals surface area contributed by atoms with Crippen LogP contribution in [0.3, 0.4) is 0 Å². The highest BCUT2D eigenvalue weighted by atomic mass is 32.2. The van der Waals surface area contributed by atoms with Gasteiger partial charge < -0.3 is 5.32 Å². The average Bonchev–Trinajstić information content (AvgIpc) is 2.78. The molecular weight excluding hydrogens is 415 g/mol. The van der Waals surface area contributed by atoms with Crippen LogP contribution in [0.25, 0.3) is 0 Å². The van der Waals surface area contributed by atoms with E-state index in [1.165, 1.54) is 16.4 Å². The van der Waals surface area contributed by atoms with Crippen molar-refractivity contribution in [3.8, 4) is 0 Å². The van der Waals surface area contributed by atoms with Crippen molar-refractivity contribution in [1.82, 2.24) is 9.62 Å². The fourth-order valence-corrected chi connectivity index (χ4v) is 5.30. The summed E-state index contributed by atoms with van der Waals surface area (Å²) < 4.78 is 41.3. The molecule has 1 atom stereocenters. The van der Waals surface area contributed by atoms with Gasteiger partial charge in [0.2, 0.25) is 15.9 Å². The molecule has 0 radical (unpaired) electrons. The Bertz CT molecular complexity index is 1190. The van der Waals surface area contributed by atoms with Crippen molar-refractivity contribution in [2.75, 3.05) is 0 Å². The summed E-state index contributed by atoms with van der Waals surface area (Å²) in [6, 6.07) is 19.1. The largest absolute Gasteiger partial charge is 0.351 e. The first-order valence-corrected chi connectivity index (χ1v) is 11.5. The number of carbonyl (C=O) groups is 1. The normalized spacial score (nSPS) is 16.5. The number of sulfonamides is 1. The predicted octanol–water partition coefficient (Wildman–Crippen LogP) is 3.57. The van der Waals surface area contributed by atoms with Gasteiger partial charge in [-0.15, -0.1) is 0 Å². The first-order chi connectivity index (χ1) is 14.8. The number of hydrogen-bond acceptors (Lipinski definition) is 3. The van der Waals surface area contributed by atoms with E-state index in [0.29, 0.717) is 0 Å². The first-order valence-electron chi connectivity index (χ1n) is 10.0. The Kier molecular flexibility index (Phi) is 5.89. The average molecular weight is 439 g/mol. The summed E-state index contributed by atoms with van der Waals surface area (Å²) in [5.74, 6) is -0.733. The number of nitrogens with one attached hydrogen (secondary N) is 1. The van der Waals surface area contributed by atoms with E-state index in [2.05, 4.69) is 5.32 Å². The maximum atomic E-state index is 13.4. The summed E-state index contributed by atoms with van der Waals surface area (Å²) in [5, 5.41) is 2.81. The molecule has 0 saturated heterocycles. The van der Waals surface area contributed by atoms with Crippen LogP contribution in [0.4, 0.5) is 4.39 Å². The molecule has 0 saturated carbocycles. The fourth-order valence-electron chi connectivity index (χ4n) is 3.73. The molecule has 7 heteroatoms. The molecule has 160 valence electrons. The van der Waals surface area contributed by atoms with Gasteiger partial charge in [-0.3, -0.25) is 4.79 Å². The number of amides is 1. The van der Waals surface area contributed by atoms with Gasteiger partial charge in [-0.05, 0) is 54.3 Å². The van der Waals surface area contributed by atoms with Gasteiger partial charge in [-0.1, -0.05) is 54.1 Å². The molecule has 3 aromatic carbocycles. The Labute approximate surface area is 181 Å². The zero-order valence-electron chi connectivity index (χ0n) is 17.1. The second kappa shape index (κ2) is 8.61. The van der Waals surface area contributed by atoms with E-state index in [1.54, 1.807) is 36.4 Å². The van der Waals surface area contributed by atoms with E-state index in [9.17, 15) is 17.6 Å². The van der Waals surface area contributed by atoms with E-state index in [-0.39, 0.29) is 36.1 Å². The topological polar surface area (TPSA) is 66.5 Å². The van der Waals surface area contributed by atoms with Gasteiger partial charge in [0.15, 0.2) is 0 Å². The molecular formula is C24H23FN2O3S. The van der Waals surface area contributed by atoms with Crippen molar-refractivity contribution in [3.63, 3.8) is 0 Å². The number of nitrogens with zero attached hydrogens (tertiary/aromatic N) is 1. The lowest BCUT2D eigenvalue weighted by Gasteiger charge is -2.35. The molecule has 5 nitrogen and oxygen atoms in total. The molecule has 0 spiro atoms.